The van der Waals surface area contributed by atoms with Crippen LogP contribution in [0.1, 0.15) is 26.2 Å². The third kappa shape index (κ3) is 2.29. The molecule has 0 amide bonds. The minimum Gasteiger partial charge on any atom is -0.479 e. The van der Waals surface area contributed by atoms with Crippen LogP contribution >= 0.6 is 0 Å². The van der Waals surface area contributed by atoms with Crippen LogP contribution in [0.25, 0.3) is 0 Å². The first-order valence-corrected chi connectivity index (χ1v) is 4.00. The Hall–Kier alpha value is -0.660. The van der Waals surface area contributed by atoms with E-state index in [4.69, 9.17) is 4.74 Å². The summed E-state index contributed by atoms with van der Waals surface area (Å²) in [5.74, 6) is 0.980. The first-order chi connectivity index (χ1) is 4.93. The molecule has 0 aromatic rings. The van der Waals surface area contributed by atoms with Crippen LogP contribution in [-0.2, 0) is 4.74 Å². The summed E-state index contributed by atoms with van der Waals surface area (Å²) >= 11 is 0. The highest BCUT2D eigenvalue weighted by molar-refractivity contribution is 4.92. The van der Waals surface area contributed by atoms with E-state index in [1.165, 1.54) is 6.42 Å². The number of allylic oxidation sites excluding steroid dienone is 1. The van der Waals surface area contributed by atoms with Crippen LogP contribution in [0.5, 0.6) is 0 Å². The number of hydrogen-bond donors (Lipinski definition) is 1. The van der Waals surface area contributed by atoms with Gasteiger partial charge in [0.05, 0.1) is 6.61 Å². The Bertz CT molecular complexity index is 112. The van der Waals surface area contributed by atoms with Gasteiger partial charge in [0.1, 0.15) is 0 Å². The highest BCUT2D eigenvalue weighted by Gasteiger charge is 2.01. The maximum Gasteiger partial charge on any atom is 0.182 e. The highest BCUT2D eigenvalue weighted by Crippen LogP contribution is 2.02. The molecule has 2 nitrogen and oxygen atoms in total. The van der Waals surface area contributed by atoms with Crippen molar-refractivity contribution in [3.05, 3.63) is 12.0 Å². The third-order valence-electron chi connectivity index (χ3n) is 1.50. The first kappa shape index (κ1) is 7.45. The second-order valence-electron chi connectivity index (χ2n) is 2.49. The van der Waals surface area contributed by atoms with E-state index in [9.17, 15) is 0 Å². The van der Waals surface area contributed by atoms with Crippen molar-refractivity contribution in [1.29, 1.82) is 0 Å². The van der Waals surface area contributed by atoms with Gasteiger partial charge < -0.3 is 10.1 Å². The predicted molar refractivity (Wildman–Crippen MR) is 41.6 cm³/mol. The zero-order valence-electron chi connectivity index (χ0n) is 6.52. The molecule has 0 bridgehead atoms. The molecule has 2 heteroatoms. The van der Waals surface area contributed by atoms with E-state index in [2.05, 4.69) is 18.3 Å². The Morgan fingerprint density at radius 2 is 2.60 bits per heavy atom. The fourth-order valence-corrected chi connectivity index (χ4v) is 0.923. The molecule has 1 N–H and O–H groups in total. The number of ether oxygens (including phenoxy) is 1. The highest BCUT2D eigenvalue weighted by atomic mass is 16.5. The molecular weight excluding hydrogens is 126 g/mol. The van der Waals surface area contributed by atoms with Crippen LogP contribution in [0.3, 0.4) is 0 Å². The molecule has 10 heavy (non-hydrogen) atoms. The van der Waals surface area contributed by atoms with Crippen LogP contribution in [0, 0.1) is 0 Å². The van der Waals surface area contributed by atoms with E-state index < -0.39 is 0 Å². The quantitative estimate of drug-likeness (QED) is 0.631. The summed E-state index contributed by atoms with van der Waals surface area (Å²) in [6.07, 6.45) is 5.56. The first-order valence-electron chi connectivity index (χ1n) is 4.00. The average Bonchev–Trinajstić information content (AvgIpc) is 2.03. The van der Waals surface area contributed by atoms with Gasteiger partial charge in [0.25, 0.3) is 0 Å². The van der Waals surface area contributed by atoms with E-state index in [0.717, 1.165) is 31.9 Å². The number of unbranched alkanes of at least 4 members (excludes halogenated alkanes) is 1. The SMILES string of the molecule is CCC/C=C1/NCCCO1. The maximum absolute atomic E-state index is 5.33. The van der Waals surface area contributed by atoms with Gasteiger partial charge in [-0.3, -0.25) is 0 Å². The van der Waals surface area contributed by atoms with Gasteiger partial charge in [0, 0.05) is 6.54 Å². The van der Waals surface area contributed by atoms with Crippen LogP contribution in [-0.4, -0.2) is 13.2 Å². The molecule has 0 aromatic carbocycles. The zero-order valence-corrected chi connectivity index (χ0v) is 6.52. The smallest absolute Gasteiger partial charge is 0.182 e. The molecule has 0 unspecified atom stereocenters. The number of hydrogen-bond acceptors (Lipinski definition) is 2. The second-order valence-corrected chi connectivity index (χ2v) is 2.49. The average molecular weight is 141 g/mol. The molecule has 1 heterocycles. The second kappa shape index (κ2) is 4.20. The topological polar surface area (TPSA) is 21.3 Å². The van der Waals surface area contributed by atoms with Gasteiger partial charge in [0.15, 0.2) is 5.88 Å². The van der Waals surface area contributed by atoms with Crippen molar-refractivity contribution >= 4 is 0 Å². The van der Waals surface area contributed by atoms with Gasteiger partial charge in [-0.15, -0.1) is 0 Å². The molecule has 0 spiro atoms. The Labute approximate surface area is 62.3 Å². The predicted octanol–water partition coefficient (Wildman–Crippen LogP) is 1.64. The molecule has 1 aliphatic rings. The number of rotatable bonds is 2. The fraction of sp³-hybridized carbons (Fsp3) is 0.750. The lowest BCUT2D eigenvalue weighted by Gasteiger charge is -2.17. The van der Waals surface area contributed by atoms with Crippen LogP contribution < -0.4 is 5.32 Å². The van der Waals surface area contributed by atoms with Gasteiger partial charge in [-0.1, -0.05) is 13.3 Å². The van der Waals surface area contributed by atoms with Crippen molar-refractivity contribution in [1.82, 2.24) is 5.32 Å². The normalized spacial score (nSPS) is 21.9. The molecule has 1 fully saturated rings. The molecule has 0 aromatic heterocycles. The molecular formula is C8H15NO. The van der Waals surface area contributed by atoms with Crippen LogP contribution in [0.4, 0.5) is 0 Å². The van der Waals surface area contributed by atoms with Gasteiger partial charge in [-0.2, -0.15) is 0 Å². The van der Waals surface area contributed by atoms with Crippen molar-refractivity contribution in [2.75, 3.05) is 13.2 Å². The summed E-state index contributed by atoms with van der Waals surface area (Å²) in [6.45, 7) is 4.11. The Morgan fingerprint density at radius 1 is 1.70 bits per heavy atom. The van der Waals surface area contributed by atoms with Crippen LogP contribution in [0.15, 0.2) is 12.0 Å². The fourth-order valence-electron chi connectivity index (χ4n) is 0.923. The Morgan fingerprint density at radius 3 is 3.20 bits per heavy atom. The Kier molecular flexibility index (Phi) is 3.13. The molecule has 1 saturated heterocycles. The molecule has 58 valence electrons. The van der Waals surface area contributed by atoms with Crippen molar-refractivity contribution < 1.29 is 4.74 Å². The molecule has 1 rings (SSSR count). The van der Waals surface area contributed by atoms with Gasteiger partial charge in [-0.25, -0.2) is 0 Å². The standard InChI is InChI=1S/C8H15NO/c1-2-3-5-8-9-6-4-7-10-8/h5,9H,2-4,6-7H2,1H3/b8-5-. The third-order valence-corrected chi connectivity index (χ3v) is 1.50. The van der Waals surface area contributed by atoms with Crippen LogP contribution in [0.2, 0.25) is 0 Å². The lowest BCUT2D eigenvalue weighted by molar-refractivity contribution is 0.156. The maximum atomic E-state index is 5.33. The monoisotopic (exact) mass is 141 g/mol. The van der Waals surface area contributed by atoms with E-state index in [0.29, 0.717) is 0 Å². The van der Waals surface area contributed by atoms with Gasteiger partial charge in [-0.05, 0) is 18.9 Å². The largest absolute Gasteiger partial charge is 0.479 e. The summed E-state index contributed by atoms with van der Waals surface area (Å²) in [5, 5.41) is 3.19. The molecule has 0 radical (unpaired) electrons. The van der Waals surface area contributed by atoms with Gasteiger partial charge >= 0.3 is 0 Å². The lowest BCUT2D eigenvalue weighted by atomic mass is 10.3. The van der Waals surface area contributed by atoms with E-state index in [1.807, 2.05) is 0 Å². The minimum absolute atomic E-state index is 0.878. The summed E-state index contributed by atoms with van der Waals surface area (Å²) < 4.78 is 5.33. The van der Waals surface area contributed by atoms with Crippen molar-refractivity contribution in [3.63, 3.8) is 0 Å². The van der Waals surface area contributed by atoms with Crippen molar-refractivity contribution in [2.45, 2.75) is 26.2 Å². The van der Waals surface area contributed by atoms with E-state index in [1.54, 1.807) is 0 Å². The van der Waals surface area contributed by atoms with Crippen molar-refractivity contribution in [3.8, 4) is 0 Å². The van der Waals surface area contributed by atoms with E-state index >= 15 is 0 Å². The molecule has 0 saturated carbocycles. The molecule has 1 aliphatic heterocycles. The molecule has 0 aliphatic carbocycles. The zero-order chi connectivity index (χ0) is 7.23. The number of nitrogens with one attached hydrogen (secondary N) is 1. The summed E-state index contributed by atoms with van der Waals surface area (Å²) in [6, 6.07) is 0. The Balaban J connectivity index is 2.23. The summed E-state index contributed by atoms with van der Waals surface area (Å²) in [7, 11) is 0. The molecule has 0 atom stereocenters. The van der Waals surface area contributed by atoms with E-state index in [-0.39, 0.29) is 0 Å². The lowest BCUT2D eigenvalue weighted by Crippen LogP contribution is -2.24. The summed E-state index contributed by atoms with van der Waals surface area (Å²) in [4.78, 5) is 0. The van der Waals surface area contributed by atoms with Crippen molar-refractivity contribution in [2.24, 2.45) is 0 Å². The van der Waals surface area contributed by atoms with Gasteiger partial charge in [0.2, 0.25) is 0 Å². The summed E-state index contributed by atoms with van der Waals surface area (Å²) in [5.41, 5.74) is 0. The minimum atomic E-state index is 0.878.